The standard InChI is InChI=1S/C22H23N3O4S/c1-22(2,3)19(26)15-9-11-18(12-10-15)30(27,28)25-21-23-20(29-24-21)17-8-7-14-5-4-6-16(14)13-17/h7-13H,4-6H2,1-3H3,(H,24,25). The van der Waals surface area contributed by atoms with Crippen molar-refractivity contribution in [3.8, 4) is 11.5 Å². The third kappa shape index (κ3) is 4.00. The van der Waals surface area contributed by atoms with Crippen LogP contribution in [0.1, 0.15) is 48.7 Å². The number of carbonyl (C=O) groups is 1. The monoisotopic (exact) mass is 425 g/mol. The lowest BCUT2D eigenvalue weighted by Gasteiger charge is -2.16. The number of Topliss-reactive ketones (excluding diaryl/α,β-unsaturated/α-hetero) is 1. The molecule has 156 valence electrons. The third-order valence-electron chi connectivity index (χ3n) is 5.11. The van der Waals surface area contributed by atoms with Gasteiger partial charge in [-0.15, -0.1) is 0 Å². The van der Waals surface area contributed by atoms with E-state index in [9.17, 15) is 13.2 Å². The van der Waals surface area contributed by atoms with E-state index < -0.39 is 15.4 Å². The first-order valence-corrected chi connectivity index (χ1v) is 11.3. The van der Waals surface area contributed by atoms with E-state index in [1.54, 1.807) is 0 Å². The first kappa shape index (κ1) is 20.3. The summed E-state index contributed by atoms with van der Waals surface area (Å²) in [6.45, 7) is 5.45. The molecule has 2 aromatic carbocycles. The number of aryl methyl sites for hydroxylation is 2. The Morgan fingerprint density at radius 3 is 2.43 bits per heavy atom. The zero-order valence-corrected chi connectivity index (χ0v) is 17.9. The molecular weight excluding hydrogens is 402 g/mol. The van der Waals surface area contributed by atoms with Crippen molar-refractivity contribution >= 4 is 21.8 Å². The number of hydrogen-bond donors (Lipinski definition) is 1. The molecule has 0 radical (unpaired) electrons. The molecule has 0 bridgehead atoms. The van der Waals surface area contributed by atoms with Crippen molar-refractivity contribution in [1.29, 1.82) is 0 Å². The van der Waals surface area contributed by atoms with Crippen LogP contribution in [0, 0.1) is 5.41 Å². The van der Waals surface area contributed by atoms with Gasteiger partial charge in [-0.25, -0.2) is 13.1 Å². The second-order valence-corrected chi connectivity index (χ2v) is 10.2. The molecule has 0 fully saturated rings. The van der Waals surface area contributed by atoms with Gasteiger partial charge in [0, 0.05) is 16.5 Å². The lowest BCUT2D eigenvalue weighted by atomic mass is 9.87. The van der Waals surface area contributed by atoms with Gasteiger partial charge in [0.2, 0.25) is 0 Å². The minimum absolute atomic E-state index is 0.0110. The molecule has 1 N–H and O–H groups in total. The molecule has 0 spiro atoms. The summed E-state index contributed by atoms with van der Waals surface area (Å²) in [7, 11) is -3.92. The van der Waals surface area contributed by atoms with Gasteiger partial charge >= 0.3 is 0 Å². The molecular formula is C22H23N3O4S. The average molecular weight is 426 g/mol. The Hall–Kier alpha value is -3.00. The van der Waals surface area contributed by atoms with Crippen molar-refractivity contribution < 1.29 is 17.7 Å². The van der Waals surface area contributed by atoms with Gasteiger partial charge in [-0.3, -0.25) is 4.79 Å². The third-order valence-corrected chi connectivity index (χ3v) is 6.45. The topological polar surface area (TPSA) is 102 Å². The van der Waals surface area contributed by atoms with Gasteiger partial charge in [0.1, 0.15) is 0 Å². The van der Waals surface area contributed by atoms with Crippen molar-refractivity contribution in [2.24, 2.45) is 5.41 Å². The van der Waals surface area contributed by atoms with Crippen LogP contribution < -0.4 is 4.72 Å². The maximum Gasteiger partial charge on any atom is 0.277 e. The number of fused-ring (bicyclic) bond motifs is 1. The summed E-state index contributed by atoms with van der Waals surface area (Å²) in [5.74, 6) is 0.0606. The molecule has 0 atom stereocenters. The van der Waals surface area contributed by atoms with Crippen molar-refractivity contribution in [2.45, 2.75) is 44.9 Å². The van der Waals surface area contributed by atoms with Gasteiger partial charge in [0.25, 0.3) is 21.9 Å². The highest BCUT2D eigenvalue weighted by atomic mass is 32.2. The van der Waals surface area contributed by atoms with Crippen LogP contribution in [0.25, 0.3) is 11.5 Å². The number of aromatic nitrogens is 2. The number of ketones is 1. The fourth-order valence-electron chi connectivity index (χ4n) is 3.48. The summed E-state index contributed by atoms with van der Waals surface area (Å²) < 4.78 is 32.9. The fourth-order valence-corrected chi connectivity index (χ4v) is 4.42. The molecule has 0 saturated heterocycles. The molecule has 4 rings (SSSR count). The Morgan fingerprint density at radius 2 is 1.73 bits per heavy atom. The Bertz CT molecular complexity index is 1210. The molecule has 0 unspecified atom stereocenters. The zero-order valence-electron chi connectivity index (χ0n) is 17.1. The molecule has 3 aromatic rings. The molecule has 0 saturated carbocycles. The predicted molar refractivity (Wildman–Crippen MR) is 113 cm³/mol. The van der Waals surface area contributed by atoms with Gasteiger partial charge in [0.15, 0.2) is 5.78 Å². The Balaban J connectivity index is 1.52. The van der Waals surface area contributed by atoms with Gasteiger partial charge in [-0.05, 0) is 59.8 Å². The van der Waals surface area contributed by atoms with Gasteiger partial charge in [0.05, 0.1) is 4.90 Å². The molecule has 0 amide bonds. The number of nitrogens with zero attached hydrogens (tertiary/aromatic N) is 2. The van der Waals surface area contributed by atoms with Gasteiger partial charge < -0.3 is 4.52 Å². The lowest BCUT2D eigenvalue weighted by Crippen LogP contribution is -2.20. The number of rotatable bonds is 5. The van der Waals surface area contributed by atoms with E-state index in [-0.39, 0.29) is 22.5 Å². The van der Waals surface area contributed by atoms with E-state index in [0.29, 0.717) is 5.56 Å². The zero-order chi connectivity index (χ0) is 21.5. The van der Waals surface area contributed by atoms with Gasteiger partial charge in [-0.2, -0.15) is 4.98 Å². The quantitative estimate of drug-likeness (QED) is 0.613. The molecule has 1 aliphatic rings. The maximum atomic E-state index is 12.7. The van der Waals surface area contributed by atoms with Crippen LogP contribution in [0.5, 0.6) is 0 Å². The van der Waals surface area contributed by atoms with E-state index in [1.165, 1.54) is 35.4 Å². The second kappa shape index (κ2) is 7.36. The van der Waals surface area contributed by atoms with Crippen LogP contribution in [0.2, 0.25) is 0 Å². The molecule has 1 aliphatic carbocycles. The van der Waals surface area contributed by atoms with E-state index in [1.807, 2.05) is 39.0 Å². The SMILES string of the molecule is CC(C)(C)C(=O)c1ccc(S(=O)(=O)Nc2noc(-c3ccc4c(c3)CCC4)n2)cc1. The van der Waals surface area contributed by atoms with Crippen molar-refractivity contribution in [2.75, 3.05) is 4.72 Å². The maximum absolute atomic E-state index is 12.7. The minimum atomic E-state index is -3.92. The fraction of sp³-hybridized carbons (Fsp3) is 0.318. The van der Waals surface area contributed by atoms with Crippen LogP contribution >= 0.6 is 0 Å². The van der Waals surface area contributed by atoms with Crippen LogP contribution in [-0.4, -0.2) is 24.3 Å². The summed E-state index contributed by atoms with van der Waals surface area (Å²) in [6, 6.07) is 11.8. The highest BCUT2D eigenvalue weighted by molar-refractivity contribution is 7.92. The number of carbonyl (C=O) groups excluding carboxylic acids is 1. The molecule has 1 aromatic heterocycles. The molecule has 8 heteroatoms. The number of benzene rings is 2. The number of sulfonamides is 1. The lowest BCUT2D eigenvalue weighted by molar-refractivity contribution is 0.0858. The van der Waals surface area contributed by atoms with Crippen molar-refractivity contribution in [3.05, 3.63) is 59.2 Å². The Labute approximate surface area is 175 Å². The minimum Gasteiger partial charge on any atom is -0.332 e. The number of nitrogens with one attached hydrogen (secondary N) is 1. The molecule has 0 aliphatic heterocycles. The van der Waals surface area contributed by atoms with E-state index >= 15 is 0 Å². The number of hydrogen-bond acceptors (Lipinski definition) is 6. The predicted octanol–water partition coefficient (Wildman–Crippen LogP) is 4.25. The van der Waals surface area contributed by atoms with Crippen molar-refractivity contribution in [3.63, 3.8) is 0 Å². The summed E-state index contributed by atoms with van der Waals surface area (Å²) in [6.07, 6.45) is 3.23. The van der Waals surface area contributed by atoms with Gasteiger partial charge in [-0.1, -0.05) is 39.0 Å². The first-order valence-electron chi connectivity index (χ1n) is 9.77. The van der Waals surface area contributed by atoms with E-state index in [0.717, 1.165) is 24.8 Å². The summed E-state index contributed by atoms with van der Waals surface area (Å²) in [4.78, 5) is 16.5. The van der Waals surface area contributed by atoms with Crippen LogP contribution in [0.3, 0.4) is 0 Å². The van der Waals surface area contributed by atoms with E-state index in [2.05, 4.69) is 14.9 Å². The summed E-state index contributed by atoms with van der Waals surface area (Å²) in [5, 5.41) is 3.74. The average Bonchev–Trinajstić information content (AvgIpc) is 3.35. The first-order chi connectivity index (χ1) is 14.1. The summed E-state index contributed by atoms with van der Waals surface area (Å²) in [5.41, 5.74) is 3.26. The normalized spacial score (nSPS) is 13.8. The van der Waals surface area contributed by atoms with Crippen molar-refractivity contribution in [1.82, 2.24) is 10.1 Å². The second-order valence-electron chi connectivity index (χ2n) is 8.47. The highest BCUT2D eigenvalue weighted by Crippen LogP contribution is 2.28. The summed E-state index contributed by atoms with van der Waals surface area (Å²) >= 11 is 0. The van der Waals surface area contributed by atoms with Crippen LogP contribution in [0.15, 0.2) is 51.9 Å². The Kier molecular flexibility index (Phi) is 4.97. The molecule has 30 heavy (non-hydrogen) atoms. The smallest absolute Gasteiger partial charge is 0.277 e. The largest absolute Gasteiger partial charge is 0.332 e. The molecule has 1 heterocycles. The highest BCUT2D eigenvalue weighted by Gasteiger charge is 2.24. The molecule has 7 nitrogen and oxygen atoms in total. The van der Waals surface area contributed by atoms with Crippen LogP contribution in [0.4, 0.5) is 5.95 Å². The number of anilines is 1. The Morgan fingerprint density at radius 1 is 1.03 bits per heavy atom. The van der Waals surface area contributed by atoms with E-state index in [4.69, 9.17) is 4.52 Å². The van der Waals surface area contributed by atoms with Crippen LogP contribution in [-0.2, 0) is 22.9 Å².